The summed E-state index contributed by atoms with van der Waals surface area (Å²) in [4.78, 5) is 29.9. The summed E-state index contributed by atoms with van der Waals surface area (Å²) in [6.07, 6.45) is 3.08. The highest BCUT2D eigenvalue weighted by molar-refractivity contribution is 6.46. The van der Waals surface area contributed by atoms with E-state index >= 15 is 0 Å². The van der Waals surface area contributed by atoms with Gasteiger partial charge in [0.05, 0.1) is 17.7 Å². The number of aromatic nitrogens is 1. The van der Waals surface area contributed by atoms with E-state index in [1.807, 2.05) is 6.07 Å². The third-order valence-electron chi connectivity index (χ3n) is 3.83. The van der Waals surface area contributed by atoms with Gasteiger partial charge in [0.1, 0.15) is 12.3 Å². The van der Waals surface area contributed by atoms with Gasteiger partial charge in [0.25, 0.3) is 11.7 Å². The van der Waals surface area contributed by atoms with Gasteiger partial charge in [-0.25, -0.2) is 0 Å². The molecule has 1 amide bonds. The van der Waals surface area contributed by atoms with Gasteiger partial charge in [-0.15, -0.1) is 0 Å². The first-order chi connectivity index (χ1) is 11.6. The van der Waals surface area contributed by atoms with Crippen LogP contribution in [0.3, 0.4) is 0 Å². The van der Waals surface area contributed by atoms with Crippen molar-refractivity contribution >= 4 is 17.4 Å². The van der Waals surface area contributed by atoms with E-state index in [1.165, 1.54) is 6.20 Å². The van der Waals surface area contributed by atoms with Gasteiger partial charge in [-0.05, 0) is 11.6 Å². The summed E-state index contributed by atoms with van der Waals surface area (Å²) >= 11 is 0. The van der Waals surface area contributed by atoms with Gasteiger partial charge in [-0.1, -0.05) is 36.4 Å². The molecule has 0 unspecified atom stereocenters. The number of likely N-dealkylation sites (tertiary alicyclic amines) is 1. The lowest BCUT2D eigenvalue weighted by Crippen LogP contribution is -2.30. The second kappa shape index (κ2) is 6.34. The van der Waals surface area contributed by atoms with Gasteiger partial charge in [-0.2, -0.15) is 5.26 Å². The summed E-state index contributed by atoms with van der Waals surface area (Å²) < 4.78 is 0. The fourth-order valence-electron chi connectivity index (χ4n) is 2.76. The summed E-state index contributed by atoms with van der Waals surface area (Å²) in [6.45, 7) is -0.254. The van der Waals surface area contributed by atoms with Crippen LogP contribution in [0, 0.1) is 11.3 Å². The van der Waals surface area contributed by atoms with Crippen molar-refractivity contribution in [2.75, 3.05) is 6.54 Å². The number of Topliss-reactive ketones (excluding diaryl/α,β-unsaturated/α-hetero) is 1. The molecule has 1 N–H and O–H groups in total. The number of nitriles is 1. The number of amides is 1. The number of benzene rings is 1. The number of pyridine rings is 1. The van der Waals surface area contributed by atoms with Crippen LogP contribution < -0.4 is 0 Å². The van der Waals surface area contributed by atoms with Crippen molar-refractivity contribution in [3.63, 3.8) is 0 Å². The molecule has 118 valence electrons. The number of aliphatic hydroxyl groups is 1. The summed E-state index contributed by atoms with van der Waals surface area (Å²) in [5.41, 5.74) is 0.959. The molecule has 6 nitrogen and oxygen atoms in total. The second-order valence-electron chi connectivity index (χ2n) is 5.24. The number of ketones is 1. The van der Waals surface area contributed by atoms with E-state index in [0.717, 1.165) is 4.90 Å². The third kappa shape index (κ3) is 2.52. The molecule has 6 heteroatoms. The maximum atomic E-state index is 12.5. The molecular formula is C18H13N3O3. The predicted molar refractivity (Wildman–Crippen MR) is 85.3 cm³/mol. The molecule has 1 fully saturated rings. The van der Waals surface area contributed by atoms with Crippen LogP contribution in [-0.2, 0) is 9.59 Å². The van der Waals surface area contributed by atoms with E-state index in [4.69, 9.17) is 5.26 Å². The molecule has 1 atom stereocenters. The molecule has 2 aromatic rings. The minimum atomic E-state index is -0.835. The molecule has 24 heavy (non-hydrogen) atoms. The highest BCUT2D eigenvalue weighted by atomic mass is 16.3. The van der Waals surface area contributed by atoms with Crippen molar-refractivity contribution in [2.24, 2.45) is 0 Å². The Hall–Kier alpha value is -3.46. The van der Waals surface area contributed by atoms with E-state index in [0.29, 0.717) is 11.1 Å². The molecule has 1 aliphatic rings. The van der Waals surface area contributed by atoms with Crippen molar-refractivity contribution in [2.45, 2.75) is 6.04 Å². The molecule has 0 bridgehead atoms. The zero-order valence-corrected chi connectivity index (χ0v) is 12.6. The lowest BCUT2D eigenvalue weighted by molar-refractivity contribution is -0.139. The largest absolute Gasteiger partial charge is 0.507 e. The van der Waals surface area contributed by atoms with E-state index in [2.05, 4.69) is 4.98 Å². The zero-order valence-electron chi connectivity index (χ0n) is 12.6. The maximum Gasteiger partial charge on any atom is 0.296 e. The van der Waals surface area contributed by atoms with E-state index in [1.54, 1.807) is 48.7 Å². The van der Waals surface area contributed by atoms with Crippen LogP contribution in [0.2, 0.25) is 0 Å². The Balaban J connectivity index is 2.20. The first kappa shape index (κ1) is 15.4. The Morgan fingerprint density at radius 3 is 2.58 bits per heavy atom. The lowest BCUT2D eigenvalue weighted by Gasteiger charge is -2.22. The standard InChI is InChI=1S/C18H13N3O3/c19-8-10-21-15(13-7-4-9-20-11-13)14(17(23)18(21)24)16(22)12-5-2-1-3-6-12/h1-7,9,11,15,22H,10H2/t15-/m0/s1. The van der Waals surface area contributed by atoms with E-state index in [9.17, 15) is 14.7 Å². The average Bonchev–Trinajstić information content (AvgIpc) is 2.88. The SMILES string of the molecule is N#CCN1C(=O)C(=O)C(=C(O)c2ccccc2)[C@@H]1c1cccnc1. The molecular weight excluding hydrogens is 306 g/mol. The van der Waals surface area contributed by atoms with Crippen molar-refractivity contribution in [3.8, 4) is 6.07 Å². The van der Waals surface area contributed by atoms with Gasteiger partial charge >= 0.3 is 0 Å². The van der Waals surface area contributed by atoms with Crippen LogP contribution in [0.5, 0.6) is 0 Å². The van der Waals surface area contributed by atoms with Crippen molar-refractivity contribution in [3.05, 3.63) is 71.6 Å². The molecule has 0 saturated carbocycles. The van der Waals surface area contributed by atoms with Gasteiger partial charge in [0.15, 0.2) is 0 Å². The normalized spacial score (nSPS) is 19.3. The van der Waals surface area contributed by atoms with Crippen LogP contribution in [-0.4, -0.2) is 33.2 Å². The monoisotopic (exact) mass is 319 g/mol. The van der Waals surface area contributed by atoms with Gasteiger partial charge in [0, 0.05) is 18.0 Å². The number of aliphatic hydroxyl groups excluding tert-OH is 1. The summed E-state index contributed by atoms with van der Waals surface area (Å²) in [6, 6.07) is 12.9. The summed E-state index contributed by atoms with van der Waals surface area (Å²) in [5.74, 6) is -1.87. The van der Waals surface area contributed by atoms with Crippen LogP contribution in [0.1, 0.15) is 17.2 Å². The number of rotatable bonds is 3. The zero-order chi connectivity index (χ0) is 17.1. The number of hydrogen-bond acceptors (Lipinski definition) is 5. The van der Waals surface area contributed by atoms with Crippen molar-refractivity contribution in [1.29, 1.82) is 5.26 Å². The minimum Gasteiger partial charge on any atom is -0.507 e. The lowest BCUT2D eigenvalue weighted by atomic mass is 9.96. The van der Waals surface area contributed by atoms with Crippen LogP contribution in [0.25, 0.3) is 5.76 Å². The maximum absolute atomic E-state index is 12.5. The molecule has 3 rings (SSSR count). The minimum absolute atomic E-state index is 0.0329. The molecule has 1 aromatic heterocycles. The number of nitrogens with zero attached hydrogens (tertiary/aromatic N) is 3. The Morgan fingerprint density at radius 1 is 1.21 bits per heavy atom. The van der Waals surface area contributed by atoms with Gasteiger partial charge < -0.3 is 10.0 Å². The Bertz CT molecular complexity index is 854. The Kier molecular flexibility index (Phi) is 4.08. The highest BCUT2D eigenvalue weighted by Gasteiger charge is 2.46. The molecule has 0 aliphatic carbocycles. The molecule has 2 heterocycles. The number of carbonyl (C=O) groups is 2. The van der Waals surface area contributed by atoms with Crippen LogP contribution >= 0.6 is 0 Å². The van der Waals surface area contributed by atoms with Gasteiger partial charge in [0.2, 0.25) is 0 Å². The highest BCUT2D eigenvalue weighted by Crippen LogP contribution is 2.38. The number of hydrogen-bond donors (Lipinski definition) is 1. The topological polar surface area (TPSA) is 94.3 Å². The molecule has 0 spiro atoms. The third-order valence-corrected chi connectivity index (χ3v) is 3.83. The molecule has 0 radical (unpaired) electrons. The first-order valence-electron chi connectivity index (χ1n) is 7.26. The predicted octanol–water partition coefficient (Wildman–Crippen LogP) is 2.03. The molecule has 1 aromatic carbocycles. The fourth-order valence-corrected chi connectivity index (χ4v) is 2.76. The van der Waals surface area contributed by atoms with E-state index in [-0.39, 0.29) is 17.9 Å². The molecule has 1 saturated heterocycles. The second-order valence-corrected chi connectivity index (χ2v) is 5.24. The van der Waals surface area contributed by atoms with Crippen LogP contribution in [0.4, 0.5) is 0 Å². The quantitative estimate of drug-likeness (QED) is 0.404. The number of carbonyl (C=O) groups excluding carboxylic acids is 2. The van der Waals surface area contributed by atoms with Crippen molar-refractivity contribution < 1.29 is 14.7 Å². The summed E-state index contributed by atoms with van der Waals surface area (Å²) in [5, 5.41) is 19.6. The smallest absolute Gasteiger partial charge is 0.296 e. The Labute approximate surface area is 138 Å². The summed E-state index contributed by atoms with van der Waals surface area (Å²) in [7, 11) is 0. The average molecular weight is 319 g/mol. The fraction of sp³-hybridized carbons (Fsp3) is 0.111. The van der Waals surface area contributed by atoms with Crippen molar-refractivity contribution in [1.82, 2.24) is 9.88 Å². The van der Waals surface area contributed by atoms with Gasteiger partial charge in [-0.3, -0.25) is 14.6 Å². The van der Waals surface area contributed by atoms with E-state index < -0.39 is 17.7 Å². The Morgan fingerprint density at radius 2 is 1.96 bits per heavy atom. The first-order valence-corrected chi connectivity index (χ1v) is 7.26. The molecule has 1 aliphatic heterocycles. The van der Waals surface area contributed by atoms with Crippen LogP contribution in [0.15, 0.2) is 60.4 Å².